The second kappa shape index (κ2) is 4.50. The third-order valence-electron chi connectivity index (χ3n) is 3.41. The maximum Gasteiger partial charge on any atom is 0.131 e. The van der Waals surface area contributed by atoms with Crippen molar-refractivity contribution in [2.24, 2.45) is 0 Å². The van der Waals surface area contributed by atoms with Gasteiger partial charge in [0.1, 0.15) is 11.6 Å². The van der Waals surface area contributed by atoms with Gasteiger partial charge in [0.2, 0.25) is 0 Å². The van der Waals surface area contributed by atoms with E-state index in [1.54, 1.807) is 14.0 Å². The van der Waals surface area contributed by atoms with E-state index in [2.05, 4.69) is 5.32 Å². The predicted octanol–water partition coefficient (Wildman–Crippen LogP) is 3.26. The van der Waals surface area contributed by atoms with Gasteiger partial charge in [-0.15, -0.1) is 0 Å². The molecule has 1 aliphatic rings. The molecule has 0 bridgehead atoms. The van der Waals surface area contributed by atoms with Crippen molar-refractivity contribution in [3.05, 3.63) is 34.4 Å². The van der Waals surface area contributed by atoms with Crippen molar-refractivity contribution in [3.63, 3.8) is 0 Å². The average molecular weight is 225 g/mol. The van der Waals surface area contributed by atoms with Crippen molar-refractivity contribution in [1.29, 1.82) is 0 Å². The molecule has 3 heteroatoms. The van der Waals surface area contributed by atoms with E-state index in [1.165, 1.54) is 6.07 Å². The zero-order chi connectivity index (χ0) is 11.7. The highest BCUT2D eigenvalue weighted by Crippen LogP contribution is 2.33. The highest BCUT2D eigenvalue weighted by molar-refractivity contribution is 5.38. The Morgan fingerprint density at radius 2 is 2.06 bits per heavy atom. The van der Waals surface area contributed by atoms with Gasteiger partial charge in [0.05, 0.1) is 0 Å². The first-order chi connectivity index (χ1) is 7.65. The zero-order valence-electron chi connectivity index (χ0n) is 9.74. The average Bonchev–Trinajstić information content (AvgIpc) is 2.48. The van der Waals surface area contributed by atoms with Crippen molar-refractivity contribution >= 4 is 0 Å². The number of nitrogens with one attached hydrogen (secondary N) is 1. The van der Waals surface area contributed by atoms with Crippen molar-refractivity contribution < 1.29 is 8.78 Å². The predicted molar refractivity (Wildman–Crippen MR) is 60.5 cm³/mol. The summed E-state index contributed by atoms with van der Waals surface area (Å²) in [6.07, 6.45) is 3.47. The summed E-state index contributed by atoms with van der Waals surface area (Å²) in [6.45, 7) is 1.62. The zero-order valence-corrected chi connectivity index (χ0v) is 9.74. The van der Waals surface area contributed by atoms with Gasteiger partial charge in [0, 0.05) is 11.6 Å². The van der Waals surface area contributed by atoms with Crippen LogP contribution in [0.3, 0.4) is 0 Å². The van der Waals surface area contributed by atoms with Crippen LogP contribution in [0.1, 0.15) is 42.0 Å². The summed E-state index contributed by atoms with van der Waals surface area (Å²) < 4.78 is 27.9. The van der Waals surface area contributed by atoms with E-state index in [0.29, 0.717) is 23.1 Å². The summed E-state index contributed by atoms with van der Waals surface area (Å²) in [6, 6.07) is 1.26. The lowest BCUT2D eigenvalue weighted by Crippen LogP contribution is -2.19. The molecule has 1 unspecified atom stereocenters. The first kappa shape index (κ1) is 11.5. The molecule has 1 N–H and O–H groups in total. The van der Waals surface area contributed by atoms with Gasteiger partial charge < -0.3 is 5.32 Å². The van der Waals surface area contributed by atoms with E-state index in [4.69, 9.17) is 0 Å². The van der Waals surface area contributed by atoms with Gasteiger partial charge in [-0.25, -0.2) is 8.78 Å². The van der Waals surface area contributed by atoms with E-state index < -0.39 is 0 Å². The van der Waals surface area contributed by atoms with E-state index >= 15 is 0 Å². The fraction of sp³-hybridized carbons (Fsp3) is 0.538. The Morgan fingerprint density at radius 1 is 1.31 bits per heavy atom. The van der Waals surface area contributed by atoms with E-state index in [9.17, 15) is 8.78 Å². The quantitative estimate of drug-likeness (QED) is 0.723. The van der Waals surface area contributed by atoms with Crippen molar-refractivity contribution in [2.45, 2.75) is 38.6 Å². The SMILES string of the molecule is CNC1CCCCc2c(F)cc(C)c(F)c21. The second-order valence-electron chi connectivity index (χ2n) is 4.47. The summed E-state index contributed by atoms with van der Waals surface area (Å²) in [4.78, 5) is 0. The molecule has 1 aliphatic carbocycles. The number of fused-ring (bicyclic) bond motifs is 1. The number of hydrogen-bond donors (Lipinski definition) is 1. The maximum atomic E-state index is 14.1. The third kappa shape index (κ3) is 1.84. The van der Waals surface area contributed by atoms with Crippen LogP contribution in [0.15, 0.2) is 6.07 Å². The molecule has 1 atom stereocenters. The third-order valence-corrected chi connectivity index (χ3v) is 3.41. The summed E-state index contributed by atoms with van der Waals surface area (Å²) >= 11 is 0. The molecule has 0 amide bonds. The van der Waals surface area contributed by atoms with Crippen LogP contribution in [0.25, 0.3) is 0 Å². The van der Waals surface area contributed by atoms with Crippen LogP contribution >= 0.6 is 0 Å². The summed E-state index contributed by atoms with van der Waals surface area (Å²) in [7, 11) is 1.81. The molecule has 0 fully saturated rings. The molecule has 0 heterocycles. The number of aryl methyl sites for hydroxylation is 1. The van der Waals surface area contributed by atoms with Crippen molar-refractivity contribution in [1.82, 2.24) is 5.32 Å². The Balaban J connectivity index is 2.61. The van der Waals surface area contributed by atoms with Gasteiger partial charge in [0.15, 0.2) is 0 Å². The topological polar surface area (TPSA) is 12.0 Å². The lowest BCUT2D eigenvalue weighted by molar-refractivity contribution is 0.494. The number of hydrogen-bond acceptors (Lipinski definition) is 1. The Bertz CT molecular complexity index is 401. The summed E-state index contributed by atoms with van der Waals surface area (Å²) in [5, 5.41) is 3.09. The smallest absolute Gasteiger partial charge is 0.131 e. The Labute approximate surface area is 94.9 Å². The lowest BCUT2D eigenvalue weighted by atomic mass is 9.95. The van der Waals surface area contributed by atoms with Gasteiger partial charge in [-0.2, -0.15) is 0 Å². The lowest BCUT2D eigenvalue weighted by Gasteiger charge is -2.19. The molecule has 0 saturated heterocycles. The molecule has 88 valence electrons. The Kier molecular flexibility index (Phi) is 3.24. The highest BCUT2D eigenvalue weighted by atomic mass is 19.1. The minimum atomic E-state index is -0.254. The normalized spacial score (nSPS) is 20.4. The fourth-order valence-corrected chi connectivity index (χ4v) is 2.51. The number of halogens is 2. The van der Waals surface area contributed by atoms with Crippen LogP contribution < -0.4 is 5.32 Å². The van der Waals surface area contributed by atoms with Gasteiger partial charge in [-0.05, 0) is 50.4 Å². The molecule has 16 heavy (non-hydrogen) atoms. The molecule has 0 aliphatic heterocycles. The second-order valence-corrected chi connectivity index (χ2v) is 4.47. The molecule has 0 aromatic heterocycles. The monoisotopic (exact) mass is 225 g/mol. The molecular weight excluding hydrogens is 208 g/mol. The molecule has 0 spiro atoms. The van der Waals surface area contributed by atoms with E-state index in [1.807, 2.05) is 0 Å². The number of benzene rings is 1. The van der Waals surface area contributed by atoms with E-state index in [-0.39, 0.29) is 17.7 Å². The minimum Gasteiger partial charge on any atom is -0.313 e. The molecule has 1 aromatic rings. The standard InChI is InChI=1S/C13H17F2N/c1-8-7-10(14)9-5-3-4-6-11(16-2)12(9)13(8)15/h7,11,16H,3-6H2,1-2H3. The highest BCUT2D eigenvalue weighted by Gasteiger charge is 2.24. The van der Waals surface area contributed by atoms with Crippen LogP contribution in [0.5, 0.6) is 0 Å². The first-order valence-corrected chi connectivity index (χ1v) is 5.79. The largest absolute Gasteiger partial charge is 0.313 e. The molecule has 1 nitrogen and oxygen atoms in total. The molecule has 0 saturated carbocycles. The van der Waals surface area contributed by atoms with Crippen LogP contribution in [0, 0.1) is 18.6 Å². The molecule has 1 aromatic carbocycles. The Hall–Kier alpha value is -0.960. The maximum absolute atomic E-state index is 14.1. The molecule has 2 rings (SSSR count). The Morgan fingerprint density at radius 3 is 2.75 bits per heavy atom. The summed E-state index contributed by atoms with van der Waals surface area (Å²) in [5.41, 5.74) is 1.52. The molecule has 0 radical (unpaired) electrons. The van der Waals surface area contributed by atoms with E-state index in [0.717, 1.165) is 19.3 Å². The van der Waals surface area contributed by atoms with Gasteiger partial charge in [-0.1, -0.05) is 6.42 Å². The van der Waals surface area contributed by atoms with Crippen molar-refractivity contribution in [2.75, 3.05) is 7.05 Å². The van der Waals surface area contributed by atoms with Crippen LogP contribution in [-0.4, -0.2) is 7.05 Å². The van der Waals surface area contributed by atoms with Gasteiger partial charge >= 0.3 is 0 Å². The fourth-order valence-electron chi connectivity index (χ4n) is 2.51. The summed E-state index contributed by atoms with van der Waals surface area (Å²) in [5.74, 6) is -0.492. The van der Waals surface area contributed by atoms with Crippen LogP contribution in [0.4, 0.5) is 8.78 Å². The van der Waals surface area contributed by atoms with Gasteiger partial charge in [-0.3, -0.25) is 0 Å². The van der Waals surface area contributed by atoms with Crippen LogP contribution in [-0.2, 0) is 6.42 Å². The van der Waals surface area contributed by atoms with Crippen LogP contribution in [0.2, 0.25) is 0 Å². The van der Waals surface area contributed by atoms with Crippen molar-refractivity contribution in [3.8, 4) is 0 Å². The molecular formula is C13H17F2N. The number of rotatable bonds is 1. The van der Waals surface area contributed by atoms with Gasteiger partial charge in [0.25, 0.3) is 0 Å². The first-order valence-electron chi connectivity index (χ1n) is 5.79. The minimum absolute atomic E-state index is 0.0492.